The molecule has 0 heterocycles. The van der Waals surface area contributed by atoms with E-state index in [0.717, 1.165) is 6.54 Å². The summed E-state index contributed by atoms with van der Waals surface area (Å²) in [5.74, 6) is 0.677. The lowest BCUT2D eigenvalue weighted by molar-refractivity contribution is 0.103. The highest BCUT2D eigenvalue weighted by atomic mass is 15.2. The van der Waals surface area contributed by atoms with Gasteiger partial charge in [-0.1, -0.05) is 51.0 Å². The quantitative estimate of drug-likeness (QED) is 0.846. The second kappa shape index (κ2) is 7.42. The van der Waals surface area contributed by atoms with Gasteiger partial charge in [-0.3, -0.25) is 4.90 Å². The van der Waals surface area contributed by atoms with Crippen LogP contribution >= 0.6 is 0 Å². The Hall–Kier alpha value is -0.860. The molecule has 2 nitrogen and oxygen atoms in total. The number of rotatable bonds is 6. The van der Waals surface area contributed by atoms with Crippen LogP contribution in [0.1, 0.15) is 63.6 Å². The number of hydrogen-bond acceptors (Lipinski definition) is 2. The second-order valence-corrected chi connectivity index (χ2v) is 7.19. The summed E-state index contributed by atoms with van der Waals surface area (Å²) in [5, 5.41) is 0. The van der Waals surface area contributed by atoms with Crippen molar-refractivity contribution in [3.63, 3.8) is 0 Å². The summed E-state index contributed by atoms with van der Waals surface area (Å²) in [6, 6.07) is 9.97. The fourth-order valence-electron chi connectivity index (χ4n) is 3.83. The first-order valence-electron chi connectivity index (χ1n) is 8.57. The lowest BCUT2D eigenvalue weighted by atomic mass is 9.92. The Morgan fingerprint density at radius 2 is 1.76 bits per heavy atom. The van der Waals surface area contributed by atoms with Gasteiger partial charge in [0, 0.05) is 18.6 Å². The highest BCUT2D eigenvalue weighted by Crippen LogP contribution is 2.34. The van der Waals surface area contributed by atoms with E-state index >= 15 is 0 Å². The van der Waals surface area contributed by atoms with Crippen LogP contribution in [0.4, 0.5) is 0 Å². The fraction of sp³-hybridized carbons (Fsp3) is 0.684. The molecule has 0 amide bonds. The molecule has 1 aromatic carbocycles. The molecule has 2 rings (SSSR count). The molecule has 0 saturated heterocycles. The molecule has 0 spiro atoms. The molecule has 1 saturated carbocycles. The lowest BCUT2D eigenvalue weighted by Crippen LogP contribution is -2.46. The van der Waals surface area contributed by atoms with E-state index in [9.17, 15) is 0 Å². The molecule has 2 heteroatoms. The molecule has 118 valence electrons. The molecule has 1 aliphatic carbocycles. The summed E-state index contributed by atoms with van der Waals surface area (Å²) in [7, 11) is 0. The van der Waals surface area contributed by atoms with E-state index in [4.69, 9.17) is 5.73 Å². The van der Waals surface area contributed by atoms with Crippen LogP contribution in [0, 0.1) is 12.8 Å². The summed E-state index contributed by atoms with van der Waals surface area (Å²) < 4.78 is 0. The summed E-state index contributed by atoms with van der Waals surface area (Å²) in [6.45, 7) is 10.2. The number of nitrogens with two attached hydrogens (primary N) is 1. The zero-order valence-electron chi connectivity index (χ0n) is 14.2. The zero-order chi connectivity index (χ0) is 15.4. The Bertz CT molecular complexity index is 433. The number of benzene rings is 1. The third-order valence-electron chi connectivity index (χ3n) is 4.73. The molecule has 0 aliphatic heterocycles. The normalized spacial score (nSPS) is 19.4. The minimum atomic E-state index is 0.158. The number of nitrogens with zero attached hydrogens (tertiary/aromatic N) is 1. The minimum absolute atomic E-state index is 0.158. The van der Waals surface area contributed by atoms with Gasteiger partial charge >= 0.3 is 0 Å². The standard InChI is InChI=1S/C19H32N2/c1-14(2)13-21(17-10-6-7-11-17)19(16(4)20)18-12-8-5-9-15(18)3/h5,8-9,12,14,16-17,19H,6-7,10-11,13,20H2,1-4H3. The van der Waals surface area contributed by atoms with E-state index in [0.29, 0.717) is 18.0 Å². The molecule has 0 bridgehead atoms. The predicted octanol–water partition coefficient (Wildman–Crippen LogP) is 4.28. The summed E-state index contributed by atoms with van der Waals surface area (Å²) >= 11 is 0. The van der Waals surface area contributed by atoms with Crippen LogP contribution in [-0.2, 0) is 0 Å². The molecule has 2 unspecified atom stereocenters. The first-order valence-corrected chi connectivity index (χ1v) is 8.57. The van der Waals surface area contributed by atoms with Crippen LogP contribution in [-0.4, -0.2) is 23.5 Å². The topological polar surface area (TPSA) is 29.3 Å². The van der Waals surface area contributed by atoms with Gasteiger partial charge in [-0.25, -0.2) is 0 Å². The molecular weight excluding hydrogens is 256 g/mol. The van der Waals surface area contributed by atoms with E-state index < -0.39 is 0 Å². The van der Waals surface area contributed by atoms with Crippen molar-refractivity contribution in [1.29, 1.82) is 0 Å². The lowest BCUT2D eigenvalue weighted by Gasteiger charge is -2.40. The number of hydrogen-bond donors (Lipinski definition) is 1. The molecule has 1 fully saturated rings. The first-order chi connectivity index (χ1) is 10.0. The number of aryl methyl sites for hydroxylation is 1. The summed E-state index contributed by atoms with van der Waals surface area (Å²) in [5.41, 5.74) is 9.22. The highest BCUT2D eigenvalue weighted by molar-refractivity contribution is 5.30. The van der Waals surface area contributed by atoms with Crippen LogP contribution in [0.25, 0.3) is 0 Å². The van der Waals surface area contributed by atoms with E-state index in [1.165, 1.54) is 36.8 Å². The average Bonchev–Trinajstić information content (AvgIpc) is 2.93. The maximum Gasteiger partial charge on any atom is 0.0502 e. The maximum atomic E-state index is 6.44. The van der Waals surface area contributed by atoms with Crippen LogP contribution in [0.3, 0.4) is 0 Å². The molecule has 0 radical (unpaired) electrons. The third kappa shape index (κ3) is 4.08. The van der Waals surface area contributed by atoms with Gasteiger partial charge in [0.05, 0.1) is 6.04 Å². The maximum absolute atomic E-state index is 6.44. The summed E-state index contributed by atoms with van der Waals surface area (Å²) in [4.78, 5) is 2.71. The van der Waals surface area contributed by atoms with Crippen molar-refractivity contribution >= 4 is 0 Å². The Balaban J connectivity index is 2.33. The average molecular weight is 288 g/mol. The van der Waals surface area contributed by atoms with Crippen LogP contribution in [0.2, 0.25) is 0 Å². The van der Waals surface area contributed by atoms with Crippen molar-refractivity contribution in [2.45, 2.75) is 71.5 Å². The van der Waals surface area contributed by atoms with Gasteiger partial charge in [0.1, 0.15) is 0 Å². The van der Waals surface area contributed by atoms with Crippen LogP contribution in [0.15, 0.2) is 24.3 Å². The largest absolute Gasteiger partial charge is 0.326 e. The molecule has 2 N–H and O–H groups in total. The molecular formula is C19H32N2. The van der Waals surface area contributed by atoms with Gasteiger partial charge in [0.25, 0.3) is 0 Å². The van der Waals surface area contributed by atoms with Gasteiger partial charge in [-0.15, -0.1) is 0 Å². The van der Waals surface area contributed by atoms with Gasteiger partial charge in [0.2, 0.25) is 0 Å². The van der Waals surface area contributed by atoms with Crippen molar-refractivity contribution in [3.05, 3.63) is 35.4 Å². The van der Waals surface area contributed by atoms with E-state index in [1.807, 2.05) is 0 Å². The predicted molar refractivity (Wildman–Crippen MR) is 91.4 cm³/mol. The van der Waals surface area contributed by atoms with Gasteiger partial charge in [-0.05, 0) is 43.7 Å². The van der Waals surface area contributed by atoms with E-state index in [1.54, 1.807) is 0 Å². The SMILES string of the molecule is Cc1ccccc1C(C(C)N)N(CC(C)C)C1CCCC1. The highest BCUT2D eigenvalue weighted by Gasteiger charge is 2.32. The van der Waals surface area contributed by atoms with Crippen molar-refractivity contribution in [2.24, 2.45) is 11.7 Å². The smallest absolute Gasteiger partial charge is 0.0502 e. The van der Waals surface area contributed by atoms with Gasteiger partial charge in [-0.2, -0.15) is 0 Å². The summed E-state index contributed by atoms with van der Waals surface area (Å²) in [6.07, 6.45) is 5.42. The van der Waals surface area contributed by atoms with E-state index in [2.05, 4.69) is 56.9 Å². The molecule has 0 aromatic heterocycles. The van der Waals surface area contributed by atoms with Gasteiger partial charge < -0.3 is 5.73 Å². The van der Waals surface area contributed by atoms with Crippen molar-refractivity contribution in [1.82, 2.24) is 4.90 Å². The van der Waals surface area contributed by atoms with E-state index in [-0.39, 0.29) is 6.04 Å². The Kier molecular flexibility index (Phi) is 5.83. The molecule has 1 aromatic rings. The molecule has 1 aliphatic rings. The second-order valence-electron chi connectivity index (χ2n) is 7.19. The minimum Gasteiger partial charge on any atom is -0.326 e. The fourth-order valence-corrected chi connectivity index (χ4v) is 3.83. The van der Waals surface area contributed by atoms with Crippen LogP contribution in [0.5, 0.6) is 0 Å². The van der Waals surface area contributed by atoms with Crippen LogP contribution < -0.4 is 5.73 Å². The monoisotopic (exact) mass is 288 g/mol. The van der Waals surface area contributed by atoms with Crippen molar-refractivity contribution < 1.29 is 0 Å². The third-order valence-corrected chi connectivity index (χ3v) is 4.73. The van der Waals surface area contributed by atoms with Crippen molar-refractivity contribution in [3.8, 4) is 0 Å². The van der Waals surface area contributed by atoms with Gasteiger partial charge in [0.15, 0.2) is 0 Å². The van der Waals surface area contributed by atoms with Crippen molar-refractivity contribution in [2.75, 3.05) is 6.54 Å². The first kappa shape index (κ1) is 16.5. The molecule has 2 atom stereocenters. The molecule has 21 heavy (non-hydrogen) atoms. The Morgan fingerprint density at radius 3 is 2.29 bits per heavy atom. The Morgan fingerprint density at radius 1 is 1.14 bits per heavy atom. The Labute approximate surface area is 130 Å². The zero-order valence-corrected chi connectivity index (χ0v) is 14.2.